The van der Waals surface area contributed by atoms with Crippen molar-refractivity contribution in [1.29, 1.82) is 0 Å². The Balaban J connectivity index is 1.81. The molecule has 0 aliphatic carbocycles. The summed E-state index contributed by atoms with van der Waals surface area (Å²) in [7, 11) is 0. The molecule has 112 valence electrons. The summed E-state index contributed by atoms with van der Waals surface area (Å²) in [5, 5.41) is 0. The molecular weight excluding hydrogens is 266 g/mol. The molecule has 2 saturated heterocycles. The van der Waals surface area contributed by atoms with Crippen LogP contribution in [0, 0.1) is 6.92 Å². The van der Waals surface area contributed by atoms with E-state index < -0.39 is 0 Å². The van der Waals surface area contributed by atoms with Crippen molar-refractivity contribution in [2.24, 2.45) is 0 Å². The minimum absolute atomic E-state index is 0.0885. The molecule has 1 aromatic heterocycles. The van der Waals surface area contributed by atoms with E-state index in [2.05, 4.69) is 4.98 Å². The fourth-order valence-corrected chi connectivity index (χ4v) is 3.20. The molecule has 5 nitrogen and oxygen atoms in total. The van der Waals surface area contributed by atoms with E-state index in [9.17, 15) is 9.59 Å². The largest absolute Gasteiger partial charge is 0.334 e. The van der Waals surface area contributed by atoms with Crippen LogP contribution in [-0.2, 0) is 16.1 Å². The summed E-state index contributed by atoms with van der Waals surface area (Å²) in [5.41, 5.74) is 2.00. The van der Waals surface area contributed by atoms with Gasteiger partial charge in [0.05, 0.1) is 12.2 Å². The van der Waals surface area contributed by atoms with Gasteiger partial charge in [-0.25, -0.2) is 0 Å². The molecule has 0 spiro atoms. The lowest BCUT2D eigenvalue weighted by atomic mass is 10.0. The first-order valence-electron chi connectivity index (χ1n) is 7.65. The van der Waals surface area contributed by atoms with E-state index in [1.165, 1.54) is 0 Å². The molecule has 0 N–H and O–H groups in total. The lowest BCUT2D eigenvalue weighted by Crippen LogP contribution is -2.49. The average molecular weight is 287 g/mol. The zero-order chi connectivity index (χ0) is 14.8. The molecule has 5 heteroatoms. The normalized spacial score (nSPS) is 23.0. The first-order chi connectivity index (χ1) is 10.2. The smallest absolute Gasteiger partial charge is 0.245 e. The van der Waals surface area contributed by atoms with Crippen LogP contribution in [0.4, 0.5) is 0 Å². The van der Waals surface area contributed by atoms with Crippen molar-refractivity contribution in [3.8, 4) is 0 Å². The fourth-order valence-electron chi connectivity index (χ4n) is 3.20. The van der Waals surface area contributed by atoms with Gasteiger partial charge in [-0.05, 0) is 37.8 Å². The molecule has 0 radical (unpaired) electrons. The second-order valence-electron chi connectivity index (χ2n) is 5.88. The van der Waals surface area contributed by atoms with Crippen LogP contribution in [0.5, 0.6) is 0 Å². The number of aryl methyl sites for hydroxylation is 1. The number of pyridine rings is 1. The highest BCUT2D eigenvalue weighted by Gasteiger charge is 2.37. The number of carbonyl (C=O) groups excluding carboxylic acids is 2. The van der Waals surface area contributed by atoms with Crippen LogP contribution < -0.4 is 0 Å². The van der Waals surface area contributed by atoms with Crippen LogP contribution in [-0.4, -0.2) is 45.7 Å². The highest BCUT2D eigenvalue weighted by atomic mass is 16.2. The van der Waals surface area contributed by atoms with E-state index >= 15 is 0 Å². The average Bonchev–Trinajstić information content (AvgIpc) is 2.62. The predicted molar refractivity (Wildman–Crippen MR) is 78.4 cm³/mol. The number of carbonyl (C=O) groups is 2. The monoisotopic (exact) mass is 287 g/mol. The van der Waals surface area contributed by atoms with Crippen molar-refractivity contribution in [1.82, 2.24) is 14.8 Å². The lowest BCUT2D eigenvalue weighted by molar-refractivity contribution is -0.143. The standard InChI is InChI=1S/C16H21N3O2/c1-12-5-4-8-17-13(12)11-18-10-7-15(20)19-9-3-2-6-14(19)16(18)21/h4-5,8,14H,2-3,6-7,9-11H2,1H3. The number of rotatable bonds is 2. The molecule has 0 aromatic carbocycles. The molecule has 1 unspecified atom stereocenters. The molecule has 1 aromatic rings. The van der Waals surface area contributed by atoms with Crippen LogP contribution in [0.1, 0.15) is 36.9 Å². The summed E-state index contributed by atoms with van der Waals surface area (Å²) in [4.78, 5) is 32.9. The fraction of sp³-hybridized carbons (Fsp3) is 0.562. The number of nitrogens with zero attached hydrogens (tertiary/aromatic N) is 3. The van der Waals surface area contributed by atoms with E-state index in [0.717, 1.165) is 37.1 Å². The maximum absolute atomic E-state index is 12.7. The van der Waals surface area contributed by atoms with Gasteiger partial charge in [-0.15, -0.1) is 0 Å². The topological polar surface area (TPSA) is 53.5 Å². The summed E-state index contributed by atoms with van der Waals surface area (Å²) in [6.45, 7) is 3.73. The van der Waals surface area contributed by atoms with Gasteiger partial charge in [-0.2, -0.15) is 0 Å². The molecule has 1 atom stereocenters. The molecule has 0 bridgehead atoms. The molecule has 21 heavy (non-hydrogen) atoms. The van der Waals surface area contributed by atoms with E-state index in [0.29, 0.717) is 19.5 Å². The number of amides is 2. The summed E-state index contributed by atoms with van der Waals surface area (Å²) >= 11 is 0. The Morgan fingerprint density at radius 3 is 2.95 bits per heavy atom. The van der Waals surface area contributed by atoms with E-state index in [4.69, 9.17) is 0 Å². The molecule has 2 aliphatic rings. The Kier molecular flexibility index (Phi) is 3.90. The van der Waals surface area contributed by atoms with Crippen LogP contribution in [0.25, 0.3) is 0 Å². The molecule has 2 aliphatic heterocycles. The van der Waals surface area contributed by atoms with Gasteiger partial charge < -0.3 is 9.80 Å². The SMILES string of the molecule is Cc1cccnc1CN1CCC(=O)N2CCCCC2C1=O. The van der Waals surface area contributed by atoms with Gasteiger partial charge in [-0.3, -0.25) is 14.6 Å². The predicted octanol–water partition coefficient (Wildman–Crippen LogP) is 1.50. The van der Waals surface area contributed by atoms with Crippen molar-refractivity contribution in [3.63, 3.8) is 0 Å². The van der Waals surface area contributed by atoms with Crippen LogP contribution in [0.2, 0.25) is 0 Å². The molecule has 2 fully saturated rings. The lowest BCUT2D eigenvalue weighted by Gasteiger charge is -2.34. The first-order valence-corrected chi connectivity index (χ1v) is 7.65. The van der Waals surface area contributed by atoms with Crippen molar-refractivity contribution in [2.75, 3.05) is 13.1 Å². The minimum Gasteiger partial charge on any atom is -0.334 e. The van der Waals surface area contributed by atoms with Crippen LogP contribution in [0.15, 0.2) is 18.3 Å². The van der Waals surface area contributed by atoms with Gasteiger partial charge in [0.1, 0.15) is 6.04 Å². The van der Waals surface area contributed by atoms with Crippen molar-refractivity contribution >= 4 is 11.8 Å². The summed E-state index contributed by atoms with van der Waals surface area (Å²) in [5.74, 6) is 0.207. The van der Waals surface area contributed by atoms with Gasteiger partial charge in [0.2, 0.25) is 11.8 Å². The zero-order valence-corrected chi connectivity index (χ0v) is 12.4. The number of fused-ring (bicyclic) bond motifs is 1. The van der Waals surface area contributed by atoms with E-state index in [1.54, 1.807) is 11.1 Å². The van der Waals surface area contributed by atoms with Crippen LogP contribution >= 0.6 is 0 Å². The maximum Gasteiger partial charge on any atom is 0.245 e. The van der Waals surface area contributed by atoms with Crippen molar-refractivity contribution in [3.05, 3.63) is 29.6 Å². The molecular formula is C16H21N3O2. The first kappa shape index (κ1) is 14.0. The molecule has 2 amide bonds. The third-order valence-corrected chi connectivity index (χ3v) is 4.47. The zero-order valence-electron chi connectivity index (χ0n) is 12.4. The quantitative estimate of drug-likeness (QED) is 0.828. The van der Waals surface area contributed by atoms with Gasteiger partial charge in [0.25, 0.3) is 0 Å². The van der Waals surface area contributed by atoms with Crippen molar-refractivity contribution < 1.29 is 9.59 Å². The third kappa shape index (κ3) is 2.77. The van der Waals surface area contributed by atoms with E-state index in [-0.39, 0.29) is 17.9 Å². The Bertz CT molecular complexity index is 558. The number of aromatic nitrogens is 1. The highest BCUT2D eigenvalue weighted by Crippen LogP contribution is 2.24. The molecule has 3 rings (SSSR count). The second kappa shape index (κ2) is 5.84. The molecule has 0 saturated carbocycles. The number of hydrogen-bond acceptors (Lipinski definition) is 3. The summed E-state index contributed by atoms with van der Waals surface area (Å²) in [6, 6.07) is 3.65. The van der Waals surface area contributed by atoms with E-state index in [1.807, 2.05) is 24.0 Å². The van der Waals surface area contributed by atoms with Crippen molar-refractivity contribution in [2.45, 2.75) is 45.2 Å². The number of hydrogen-bond donors (Lipinski definition) is 0. The Labute approximate surface area is 124 Å². The van der Waals surface area contributed by atoms with Gasteiger partial charge in [-0.1, -0.05) is 6.07 Å². The minimum atomic E-state index is -0.252. The third-order valence-electron chi connectivity index (χ3n) is 4.47. The molecule has 3 heterocycles. The Hall–Kier alpha value is -1.91. The summed E-state index contributed by atoms with van der Waals surface area (Å²) < 4.78 is 0. The van der Waals surface area contributed by atoms with Gasteiger partial charge in [0, 0.05) is 25.7 Å². The number of piperidine rings is 1. The maximum atomic E-state index is 12.7. The van der Waals surface area contributed by atoms with Gasteiger partial charge >= 0.3 is 0 Å². The highest BCUT2D eigenvalue weighted by molar-refractivity contribution is 5.90. The second-order valence-corrected chi connectivity index (χ2v) is 5.88. The van der Waals surface area contributed by atoms with Crippen LogP contribution in [0.3, 0.4) is 0 Å². The summed E-state index contributed by atoms with van der Waals surface area (Å²) in [6.07, 6.45) is 5.00. The van der Waals surface area contributed by atoms with Gasteiger partial charge in [0.15, 0.2) is 0 Å². The Morgan fingerprint density at radius 1 is 1.29 bits per heavy atom. The Morgan fingerprint density at radius 2 is 2.14 bits per heavy atom.